The number of aromatic nitrogens is 1. The number of ether oxygens (including phenoxy) is 1. The molecular formula is C11H16ClNO. The predicted molar refractivity (Wildman–Crippen MR) is 59.0 cm³/mol. The van der Waals surface area contributed by atoms with E-state index in [-0.39, 0.29) is 5.60 Å². The van der Waals surface area contributed by atoms with Gasteiger partial charge in [0.15, 0.2) is 0 Å². The van der Waals surface area contributed by atoms with Crippen molar-refractivity contribution >= 4 is 11.6 Å². The average molecular weight is 214 g/mol. The quantitative estimate of drug-likeness (QED) is 0.751. The number of rotatable bonds is 2. The largest absolute Gasteiger partial charge is 0.471 e. The zero-order valence-electron chi connectivity index (χ0n) is 9.10. The Labute approximate surface area is 90.3 Å². The van der Waals surface area contributed by atoms with Crippen molar-refractivity contribution in [1.29, 1.82) is 0 Å². The predicted octanol–water partition coefficient (Wildman–Crippen LogP) is 3.47. The summed E-state index contributed by atoms with van der Waals surface area (Å²) in [5.41, 5.74) is 0.862. The Balaban J connectivity index is 2.89. The van der Waals surface area contributed by atoms with Gasteiger partial charge in [-0.2, -0.15) is 0 Å². The third-order valence-electron chi connectivity index (χ3n) is 1.68. The summed E-state index contributed by atoms with van der Waals surface area (Å²) in [7, 11) is 0. The topological polar surface area (TPSA) is 22.1 Å². The summed E-state index contributed by atoms with van der Waals surface area (Å²) >= 11 is 6.03. The van der Waals surface area contributed by atoms with Crippen molar-refractivity contribution in [2.45, 2.75) is 39.7 Å². The van der Waals surface area contributed by atoms with E-state index in [9.17, 15) is 0 Å². The summed E-state index contributed by atoms with van der Waals surface area (Å²) in [6.45, 7) is 7.98. The first-order valence-electron chi connectivity index (χ1n) is 4.76. The molecule has 0 spiro atoms. The zero-order valence-corrected chi connectivity index (χ0v) is 9.85. The van der Waals surface area contributed by atoms with Crippen molar-refractivity contribution in [2.24, 2.45) is 0 Å². The summed E-state index contributed by atoms with van der Waals surface area (Å²) in [6.07, 6.45) is 2.73. The van der Waals surface area contributed by atoms with E-state index in [0.717, 1.165) is 12.0 Å². The number of hydrogen-bond acceptors (Lipinski definition) is 2. The Morgan fingerprint density at radius 1 is 1.43 bits per heavy atom. The number of nitrogens with zero attached hydrogens (tertiary/aromatic N) is 1. The molecule has 0 atom stereocenters. The van der Waals surface area contributed by atoms with Gasteiger partial charge in [0, 0.05) is 6.20 Å². The number of hydrogen-bond donors (Lipinski definition) is 0. The van der Waals surface area contributed by atoms with E-state index in [0.29, 0.717) is 10.9 Å². The van der Waals surface area contributed by atoms with Crippen LogP contribution in [0.3, 0.4) is 0 Å². The van der Waals surface area contributed by atoms with Gasteiger partial charge in [-0.1, -0.05) is 18.5 Å². The lowest BCUT2D eigenvalue weighted by atomic mass is 10.2. The maximum atomic E-state index is 6.03. The molecule has 0 bridgehead atoms. The van der Waals surface area contributed by atoms with Crippen LogP contribution in [0.15, 0.2) is 12.3 Å². The highest BCUT2D eigenvalue weighted by Gasteiger charge is 2.15. The van der Waals surface area contributed by atoms with E-state index in [1.165, 1.54) is 0 Å². The van der Waals surface area contributed by atoms with Crippen molar-refractivity contribution in [1.82, 2.24) is 4.98 Å². The second kappa shape index (κ2) is 4.18. The van der Waals surface area contributed by atoms with E-state index in [4.69, 9.17) is 16.3 Å². The Morgan fingerprint density at radius 3 is 2.50 bits per heavy atom. The lowest BCUT2D eigenvalue weighted by molar-refractivity contribution is 0.124. The van der Waals surface area contributed by atoms with Crippen LogP contribution in [-0.4, -0.2) is 10.6 Å². The summed E-state index contributed by atoms with van der Waals surface area (Å²) < 4.78 is 5.59. The summed E-state index contributed by atoms with van der Waals surface area (Å²) in [5, 5.41) is 0.583. The first-order valence-corrected chi connectivity index (χ1v) is 5.13. The molecule has 78 valence electrons. The fourth-order valence-electron chi connectivity index (χ4n) is 1.02. The minimum absolute atomic E-state index is 0.260. The van der Waals surface area contributed by atoms with Gasteiger partial charge >= 0.3 is 0 Å². The van der Waals surface area contributed by atoms with Crippen molar-refractivity contribution in [2.75, 3.05) is 0 Å². The van der Waals surface area contributed by atoms with E-state index in [1.54, 1.807) is 6.20 Å². The Hall–Kier alpha value is -0.760. The van der Waals surface area contributed by atoms with Crippen LogP contribution < -0.4 is 4.74 Å². The molecule has 0 radical (unpaired) electrons. The molecule has 0 saturated carbocycles. The Morgan fingerprint density at radius 2 is 2.07 bits per heavy atom. The van der Waals surface area contributed by atoms with E-state index < -0.39 is 0 Å². The molecule has 0 amide bonds. The van der Waals surface area contributed by atoms with Gasteiger partial charge in [0.2, 0.25) is 5.88 Å². The van der Waals surface area contributed by atoms with Gasteiger partial charge in [-0.25, -0.2) is 4.98 Å². The smallest absolute Gasteiger partial charge is 0.233 e. The van der Waals surface area contributed by atoms with Gasteiger partial charge in [0.05, 0.1) is 0 Å². The van der Waals surface area contributed by atoms with Gasteiger partial charge in [-0.05, 0) is 38.8 Å². The summed E-state index contributed by atoms with van der Waals surface area (Å²) in [6, 6.07) is 1.90. The fourth-order valence-corrected chi connectivity index (χ4v) is 1.25. The van der Waals surface area contributed by atoms with Gasteiger partial charge in [0.1, 0.15) is 10.6 Å². The maximum Gasteiger partial charge on any atom is 0.233 e. The molecule has 0 N–H and O–H groups in total. The van der Waals surface area contributed by atoms with Crippen LogP contribution in [0, 0.1) is 0 Å². The van der Waals surface area contributed by atoms with Crippen LogP contribution in [0.4, 0.5) is 0 Å². The van der Waals surface area contributed by atoms with Gasteiger partial charge in [0.25, 0.3) is 0 Å². The molecule has 2 nitrogen and oxygen atoms in total. The Bertz CT molecular complexity index is 318. The summed E-state index contributed by atoms with van der Waals surface area (Å²) in [4.78, 5) is 4.18. The van der Waals surface area contributed by atoms with Gasteiger partial charge in [-0.15, -0.1) is 0 Å². The molecule has 0 unspecified atom stereocenters. The van der Waals surface area contributed by atoms with E-state index >= 15 is 0 Å². The molecule has 14 heavy (non-hydrogen) atoms. The van der Waals surface area contributed by atoms with Crippen molar-refractivity contribution in [3.05, 3.63) is 22.8 Å². The minimum atomic E-state index is -0.260. The van der Waals surface area contributed by atoms with Gasteiger partial charge in [-0.3, -0.25) is 0 Å². The molecule has 1 aromatic rings. The van der Waals surface area contributed by atoms with E-state index in [1.807, 2.05) is 26.8 Å². The lowest BCUT2D eigenvalue weighted by Gasteiger charge is -2.21. The monoisotopic (exact) mass is 213 g/mol. The highest BCUT2D eigenvalue weighted by Crippen LogP contribution is 2.25. The fraction of sp³-hybridized carbons (Fsp3) is 0.545. The molecule has 0 aliphatic heterocycles. The highest BCUT2D eigenvalue weighted by molar-refractivity contribution is 6.31. The van der Waals surface area contributed by atoms with E-state index in [2.05, 4.69) is 11.9 Å². The highest BCUT2D eigenvalue weighted by atomic mass is 35.5. The molecule has 0 fully saturated rings. The first-order chi connectivity index (χ1) is 6.42. The average Bonchev–Trinajstić information content (AvgIpc) is 2.06. The first kappa shape index (κ1) is 11.3. The standard InChI is InChI=1S/C11H16ClNO/c1-5-8-6-9(12)10(13-7-8)14-11(2,3)4/h6-7H,5H2,1-4H3. The molecule has 0 aliphatic carbocycles. The molecule has 1 aromatic heterocycles. The molecular weight excluding hydrogens is 198 g/mol. The molecule has 0 aromatic carbocycles. The van der Waals surface area contributed by atoms with Crippen LogP contribution in [0.25, 0.3) is 0 Å². The third kappa shape index (κ3) is 3.18. The zero-order chi connectivity index (χ0) is 10.8. The number of pyridine rings is 1. The minimum Gasteiger partial charge on any atom is -0.471 e. The molecule has 0 aliphatic rings. The summed E-state index contributed by atoms with van der Waals surface area (Å²) in [5.74, 6) is 0.511. The lowest BCUT2D eigenvalue weighted by Crippen LogP contribution is -2.23. The number of aryl methyl sites for hydroxylation is 1. The van der Waals surface area contributed by atoms with Crippen LogP contribution in [0.5, 0.6) is 5.88 Å². The van der Waals surface area contributed by atoms with Crippen molar-refractivity contribution < 1.29 is 4.74 Å². The SMILES string of the molecule is CCc1cnc(OC(C)(C)C)c(Cl)c1. The third-order valence-corrected chi connectivity index (χ3v) is 1.95. The van der Waals surface area contributed by atoms with Crippen LogP contribution in [-0.2, 0) is 6.42 Å². The van der Waals surface area contributed by atoms with Crippen molar-refractivity contribution in [3.8, 4) is 5.88 Å². The maximum absolute atomic E-state index is 6.03. The van der Waals surface area contributed by atoms with Crippen LogP contribution in [0.2, 0.25) is 5.02 Å². The number of halogens is 1. The Kier molecular flexibility index (Phi) is 3.38. The second-order valence-electron chi connectivity index (χ2n) is 4.20. The molecule has 3 heteroatoms. The normalized spacial score (nSPS) is 11.5. The molecule has 1 heterocycles. The molecule has 1 rings (SSSR count). The van der Waals surface area contributed by atoms with Crippen molar-refractivity contribution in [3.63, 3.8) is 0 Å². The second-order valence-corrected chi connectivity index (χ2v) is 4.61. The van der Waals surface area contributed by atoms with Gasteiger partial charge < -0.3 is 4.74 Å². The molecule has 0 saturated heterocycles. The van der Waals surface area contributed by atoms with Crippen LogP contribution >= 0.6 is 11.6 Å². The van der Waals surface area contributed by atoms with Crippen LogP contribution in [0.1, 0.15) is 33.3 Å².